The van der Waals surface area contributed by atoms with Gasteiger partial charge in [-0.25, -0.2) is 4.79 Å². The summed E-state index contributed by atoms with van der Waals surface area (Å²) >= 11 is 0. The van der Waals surface area contributed by atoms with Gasteiger partial charge < -0.3 is 10.5 Å². The molecule has 0 radical (unpaired) electrons. The number of esters is 1. The number of nitrogens with two attached hydrogens (primary N) is 1. The number of carbonyl (C=O) groups excluding carboxylic acids is 1. The van der Waals surface area contributed by atoms with Crippen molar-refractivity contribution in [2.75, 3.05) is 7.11 Å². The molecule has 3 nitrogen and oxygen atoms in total. The van der Waals surface area contributed by atoms with Crippen LogP contribution in [0.1, 0.15) is 18.1 Å². The summed E-state index contributed by atoms with van der Waals surface area (Å²) in [4.78, 5) is 11.3. The van der Waals surface area contributed by atoms with Crippen LogP contribution in [0, 0.1) is 0 Å². The van der Waals surface area contributed by atoms with Crippen molar-refractivity contribution in [2.24, 2.45) is 5.73 Å². The number of hydrogen-bond donors (Lipinski definition) is 1. The van der Waals surface area contributed by atoms with Crippen LogP contribution >= 0.6 is 12.4 Å². The number of benzene rings is 1. The Balaban J connectivity index is 0.00000289. The molecule has 0 aliphatic carbocycles. The molecule has 0 amide bonds. The molecule has 0 spiro atoms. The summed E-state index contributed by atoms with van der Waals surface area (Å²) in [6.07, 6.45) is -4.41. The van der Waals surface area contributed by atoms with Crippen molar-refractivity contribution in [3.63, 3.8) is 0 Å². The molecule has 18 heavy (non-hydrogen) atoms. The standard InChI is InChI=1S/C11H12F3NO2.ClH/c1-10(15,9(16)17-2)7-3-5-8(6-4-7)11(12,13)14;/h3-6H,15H2,1-2H3;1H. The smallest absolute Gasteiger partial charge is 0.416 e. The van der Waals surface area contributed by atoms with Crippen LogP contribution in [-0.2, 0) is 21.2 Å². The van der Waals surface area contributed by atoms with Crippen LogP contribution in [0.2, 0.25) is 0 Å². The minimum absolute atomic E-state index is 0. The first-order chi connectivity index (χ1) is 7.69. The topological polar surface area (TPSA) is 52.3 Å². The van der Waals surface area contributed by atoms with E-state index < -0.39 is 23.2 Å². The van der Waals surface area contributed by atoms with Crippen LogP contribution in [0.15, 0.2) is 24.3 Å². The molecule has 0 bridgehead atoms. The van der Waals surface area contributed by atoms with Gasteiger partial charge in [0.2, 0.25) is 0 Å². The molecule has 7 heteroatoms. The van der Waals surface area contributed by atoms with Gasteiger partial charge in [-0.05, 0) is 24.6 Å². The summed E-state index contributed by atoms with van der Waals surface area (Å²) in [5.41, 5.74) is 3.71. The molecule has 0 fully saturated rings. The molecule has 0 saturated heterocycles. The Bertz CT molecular complexity index is 415. The molecule has 2 N–H and O–H groups in total. The van der Waals surface area contributed by atoms with Crippen molar-refractivity contribution in [1.82, 2.24) is 0 Å². The Kier molecular flexibility index (Phi) is 5.19. The monoisotopic (exact) mass is 283 g/mol. The van der Waals surface area contributed by atoms with E-state index >= 15 is 0 Å². The van der Waals surface area contributed by atoms with Crippen molar-refractivity contribution >= 4 is 18.4 Å². The van der Waals surface area contributed by atoms with Gasteiger partial charge in [-0.1, -0.05) is 12.1 Å². The molecule has 1 atom stereocenters. The fourth-order valence-electron chi connectivity index (χ4n) is 1.34. The highest BCUT2D eigenvalue weighted by Crippen LogP contribution is 2.30. The summed E-state index contributed by atoms with van der Waals surface area (Å²) < 4.78 is 41.4. The fourth-order valence-corrected chi connectivity index (χ4v) is 1.34. The van der Waals surface area contributed by atoms with Crippen molar-refractivity contribution < 1.29 is 22.7 Å². The van der Waals surface area contributed by atoms with Gasteiger partial charge in [-0.3, -0.25) is 0 Å². The van der Waals surface area contributed by atoms with Crippen LogP contribution in [-0.4, -0.2) is 13.1 Å². The predicted octanol–water partition coefficient (Wildman–Crippen LogP) is 2.47. The van der Waals surface area contributed by atoms with Gasteiger partial charge in [0.25, 0.3) is 0 Å². The van der Waals surface area contributed by atoms with E-state index in [0.717, 1.165) is 19.2 Å². The predicted molar refractivity (Wildman–Crippen MR) is 62.2 cm³/mol. The number of carbonyl (C=O) groups is 1. The fraction of sp³-hybridized carbons (Fsp3) is 0.364. The Hall–Kier alpha value is -1.27. The van der Waals surface area contributed by atoms with Gasteiger partial charge in [-0.2, -0.15) is 13.2 Å². The summed E-state index contributed by atoms with van der Waals surface area (Å²) in [5, 5.41) is 0. The second kappa shape index (κ2) is 5.58. The van der Waals surface area contributed by atoms with Crippen LogP contribution in [0.5, 0.6) is 0 Å². The third kappa shape index (κ3) is 3.36. The minimum Gasteiger partial charge on any atom is -0.467 e. The molecule has 1 rings (SSSR count). The second-order valence-corrected chi connectivity index (χ2v) is 3.77. The summed E-state index contributed by atoms with van der Waals surface area (Å²) in [5.74, 6) is -0.711. The van der Waals surface area contributed by atoms with E-state index in [1.807, 2.05) is 0 Å². The Morgan fingerprint density at radius 1 is 1.17 bits per heavy atom. The van der Waals surface area contributed by atoms with Crippen molar-refractivity contribution in [1.29, 1.82) is 0 Å². The summed E-state index contributed by atoms with van der Waals surface area (Å²) in [7, 11) is 1.16. The second-order valence-electron chi connectivity index (χ2n) is 3.77. The van der Waals surface area contributed by atoms with E-state index in [0.29, 0.717) is 0 Å². The van der Waals surface area contributed by atoms with Crippen molar-refractivity contribution in [3.8, 4) is 0 Å². The van der Waals surface area contributed by atoms with Gasteiger partial charge in [0.15, 0.2) is 0 Å². The number of alkyl halides is 3. The van der Waals surface area contributed by atoms with E-state index in [-0.39, 0.29) is 18.0 Å². The van der Waals surface area contributed by atoms with Crippen molar-refractivity contribution in [3.05, 3.63) is 35.4 Å². The number of halogens is 4. The molecular weight excluding hydrogens is 271 g/mol. The number of ether oxygens (including phenoxy) is 1. The molecule has 1 aromatic rings. The van der Waals surface area contributed by atoms with Gasteiger partial charge in [0, 0.05) is 0 Å². The normalized spacial score (nSPS) is 14.3. The van der Waals surface area contributed by atoms with Crippen LogP contribution < -0.4 is 5.73 Å². The zero-order valence-electron chi connectivity index (χ0n) is 9.75. The largest absolute Gasteiger partial charge is 0.467 e. The van der Waals surface area contributed by atoms with E-state index in [4.69, 9.17) is 5.73 Å². The van der Waals surface area contributed by atoms with E-state index in [1.165, 1.54) is 19.1 Å². The Labute approximate surface area is 109 Å². The lowest BCUT2D eigenvalue weighted by Crippen LogP contribution is -2.42. The van der Waals surface area contributed by atoms with Gasteiger partial charge in [0.05, 0.1) is 12.7 Å². The van der Waals surface area contributed by atoms with Crippen LogP contribution in [0.25, 0.3) is 0 Å². The molecule has 0 aromatic heterocycles. The molecule has 1 unspecified atom stereocenters. The van der Waals surface area contributed by atoms with E-state index in [2.05, 4.69) is 4.74 Å². The first kappa shape index (κ1) is 16.7. The average molecular weight is 284 g/mol. The molecule has 1 aromatic carbocycles. The zero-order chi connectivity index (χ0) is 13.3. The maximum absolute atomic E-state index is 12.3. The SMILES string of the molecule is COC(=O)C(C)(N)c1ccc(C(F)(F)F)cc1.Cl. The lowest BCUT2D eigenvalue weighted by Gasteiger charge is -2.22. The third-order valence-electron chi connectivity index (χ3n) is 2.42. The van der Waals surface area contributed by atoms with E-state index in [9.17, 15) is 18.0 Å². The number of hydrogen-bond acceptors (Lipinski definition) is 3. The lowest BCUT2D eigenvalue weighted by molar-refractivity contribution is -0.146. The number of methoxy groups -OCH3 is 1. The maximum atomic E-state index is 12.3. The minimum atomic E-state index is -4.41. The highest BCUT2D eigenvalue weighted by Gasteiger charge is 2.34. The third-order valence-corrected chi connectivity index (χ3v) is 2.42. The van der Waals surface area contributed by atoms with Crippen LogP contribution in [0.4, 0.5) is 13.2 Å². The van der Waals surface area contributed by atoms with E-state index in [1.54, 1.807) is 0 Å². The van der Waals surface area contributed by atoms with Crippen LogP contribution in [0.3, 0.4) is 0 Å². The van der Waals surface area contributed by atoms with Crippen molar-refractivity contribution in [2.45, 2.75) is 18.6 Å². The highest BCUT2D eigenvalue weighted by molar-refractivity contribution is 5.85. The van der Waals surface area contributed by atoms with Gasteiger partial charge in [0.1, 0.15) is 5.54 Å². The maximum Gasteiger partial charge on any atom is 0.416 e. The quantitative estimate of drug-likeness (QED) is 0.849. The average Bonchev–Trinajstić information content (AvgIpc) is 2.27. The number of rotatable bonds is 2. The molecule has 0 heterocycles. The Morgan fingerprint density at radius 3 is 1.89 bits per heavy atom. The Morgan fingerprint density at radius 2 is 1.56 bits per heavy atom. The highest BCUT2D eigenvalue weighted by atomic mass is 35.5. The molecule has 0 aliphatic heterocycles. The molecule has 102 valence electrons. The first-order valence-electron chi connectivity index (χ1n) is 4.74. The van der Waals surface area contributed by atoms with Gasteiger partial charge in [-0.15, -0.1) is 12.4 Å². The summed E-state index contributed by atoms with van der Waals surface area (Å²) in [6, 6.07) is 4.09. The molecule has 0 aliphatic rings. The lowest BCUT2D eigenvalue weighted by atomic mass is 9.92. The first-order valence-corrected chi connectivity index (χ1v) is 4.74. The summed E-state index contributed by atoms with van der Waals surface area (Å²) in [6.45, 7) is 1.38. The van der Waals surface area contributed by atoms with Gasteiger partial charge >= 0.3 is 12.1 Å². The molecular formula is C11H13ClF3NO2. The zero-order valence-corrected chi connectivity index (χ0v) is 10.6. The molecule has 0 saturated carbocycles.